The summed E-state index contributed by atoms with van der Waals surface area (Å²) in [5, 5.41) is 32.3. The maximum Gasteiger partial charge on any atom is 0.198 e. The van der Waals surface area contributed by atoms with E-state index < -0.39 is 35.0 Å². The molecule has 1 atom stereocenters. The first-order chi connectivity index (χ1) is 12.9. The van der Waals surface area contributed by atoms with E-state index in [1.807, 2.05) is 0 Å². The molecule has 3 aliphatic rings. The van der Waals surface area contributed by atoms with Crippen molar-refractivity contribution in [1.82, 2.24) is 0 Å². The topological polar surface area (TPSA) is 113 Å². The fourth-order valence-electron chi connectivity index (χ4n) is 4.38. The standard InChI is InChI=1S/C20H16O7/c21-12-8-20(26-5-6-27-20)7-11-13(12)19(25)15-14(18(11)24)16(22)9-3-1-2-4-10(9)17(15)23/h1-4,12,21,24-25H,5-8H2. The summed E-state index contributed by atoms with van der Waals surface area (Å²) in [6.45, 7) is 0.703. The number of hydrogen-bond donors (Lipinski definition) is 3. The Balaban J connectivity index is 1.78. The van der Waals surface area contributed by atoms with Crippen LogP contribution in [0, 0.1) is 0 Å². The van der Waals surface area contributed by atoms with Gasteiger partial charge in [-0.05, 0) is 0 Å². The van der Waals surface area contributed by atoms with Crippen LogP contribution in [-0.4, -0.2) is 45.9 Å². The van der Waals surface area contributed by atoms with E-state index in [-0.39, 0.29) is 46.2 Å². The molecule has 7 nitrogen and oxygen atoms in total. The average Bonchev–Trinajstić information content (AvgIpc) is 3.09. The van der Waals surface area contributed by atoms with Crippen molar-refractivity contribution >= 4 is 11.6 Å². The van der Waals surface area contributed by atoms with Gasteiger partial charge in [-0.2, -0.15) is 0 Å². The summed E-state index contributed by atoms with van der Waals surface area (Å²) in [6, 6.07) is 6.26. The molecule has 1 unspecified atom stereocenters. The Morgan fingerprint density at radius 2 is 1.48 bits per heavy atom. The van der Waals surface area contributed by atoms with E-state index in [0.29, 0.717) is 13.2 Å². The molecule has 5 rings (SSSR count). The molecule has 0 amide bonds. The van der Waals surface area contributed by atoms with Crippen LogP contribution in [0.25, 0.3) is 0 Å². The van der Waals surface area contributed by atoms with Crippen molar-refractivity contribution in [2.24, 2.45) is 0 Å². The smallest absolute Gasteiger partial charge is 0.198 e. The summed E-state index contributed by atoms with van der Waals surface area (Å²) in [4.78, 5) is 25.9. The molecule has 2 aliphatic carbocycles. The predicted molar refractivity (Wildman–Crippen MR) is 91.0 cm³/mol. The Morgan fingerprint density at radius 1 is 0.926 bits per heavy atom. The lowest BCUT2D eigenvalue weighted by Crippen LogP contribution is -2.39. The molecule has 3 N–H and O–H groups in total. The number of rotatable bonds is 0. The average molecular weight is 368 g/mol. The molecule has 0 aromatic heterocycles. The highest BCUT2D eigenvalue weighted by molar-refractivity contribution is 6.30. The number of carbonyl (C=O) groups is 2. The summed E-state index contributed by atoms with van der Waals surface area (Å²) < 4.78 is 11.2. The van der Waals surface area contributed by atoms with E-state index in [0.717, 1.165) is 0 Å². The minimum atomic E-state index is -1.21. The van der Waals surface area contributed by atoms with E-state index in [1.54, 1.807) is 12.1 Å². The number of aromatic hydroxyl groups is 2. The van der Waals surface area contributed by atoms with Crippen LogP contribution in [0.4, 0.5) is 0 Å². The molecule has 0 radical (unpaired) electrons. The SMILES string of the molecule is O=C1c2ccccc2C(=O)c2c(O)c3c(c(O)c21)CC1(CC3O)OCCO1. The van der Waals surface area contributed by atoms with Gasteiger partial charge in [-0.3, -0.25) is 9.59 Å². The summed E-state index contributed by atoms with van der Waals surface area (Å²) in [5.41, 5.74) is 0.0531. The molecule has 0 bridgehead atoms. The maximum absolute atomic E-state index is 13.0. The molecule has 0 saturated carbocycles. The van der Waals surface area contributed by atoms with Gasteiger partial charge in [0.25, 0.3) is 0 Å². The summed E-state index contributed by atoms with van der Waals surface area (Å²) in [7, 11) is 0. The van der Waals surface area contributed by atoms with Crippen molar-refractivity contribution in [2.75, 3.05) is 13.2 Å². The Bertz CT molecular complexity index is 1020. The number of ether oxygens (including phenoxy) is 2. The summed E-state index contributed by atoms with van der Waals surface area (Å²) in [6.07, 6.45) is -1.08. The Kier molecular flexibility index (Phi) is 3.28. The van der Waals surface area contributed by atoms with Crippen molar-refractivity contribution < 1.29 is 34.4 Å². The van der Waals surface area contributed by atoms with Crippen LogP contribution in [0.2, 0.25) is 0 Å². The molecule has 1 aliphatic heterocycles. The second-order valence-electron chi connectivity index (χ2n) is 7.05. The van der Waals surface area contributed by atoms with E-state index in [1.165, 1.54) is 12.1 Å². The van der Waals surface area contributed by atoms with Crippen molar-refractivity contribution in [2.45, 2.75) is 24.7 Å². The number of aliphatic hydroxyl groups is 1. The first-order valence-corrected chi connectivity index (χ1v) is 8.68. The van der Waals surface area contributed by atoms with Gasteiger partial charge in [-0.1, -0.05) is 24.3 Å². The summed E-state index contributed by atoms with van der Waals surface area (Å²) in [5.74, 6) is -3.09. The van der Waals surface area contributed by atoms with Gasteiger partial charge < -0.3 is 24.8 Å². The number of phenolic OH excluding ortho intramolecular Hbond substituents is 2. The van der Waals surface area contributed by atoms with Gasteiger partial charge in [0.2, 0.25) is 0 Å². The number of ketones is 2. The third kappa shape index (κ3) is 2.07. The molecule has 2 aromatic rings. The monoisotopic (exact) mass is 368 g/mol. The number of fused-ring (bicyclic) bond motifs is 3. The fourth-order valence-corrected chi connectivity index (χ4v) is 4.38. The minimum absolute atomic E-state index is 0.0523. The highest BCUT2D eigenvalue weighted by atomic mass is 16.7. The molecular weight excluding hydrogens is 352 g/mol. The Morgan fingerprint density at radius 3 is 2.07 bits per heavy atom. The Labute approximate surface area is 153 Å². The second kappa shape index (κ2) is 5.39. The molecule has 1 heterocycles. The molecule has 7 heteroatoms. The molecule has 1 spiro atoms. The number of carbonyl (C=O) groups excluding carboxylic acids is 2. The van der Waals surface area contributed by atoms with Gasteiger partial charge in [0.15, 0.2) is 17.4 Å². The number of aliphatic hydroxyl groups excluding tert-OH is 1. The van der Waals surface area contributed by atoms with Crippen LogP contribution in [0.5, 0.6) is 11.5 Å². The van der Waals surface area contributed by atoms with Gasteiger partial charge in [-0.25, -0.2) is 0 Å². The van der Waals surface area contributed by atoms with Crippen molar-refractivity contribution in [3.8, 4) is 11.5 Å². The first kappa shape index (κ1) is 16.4. The van der Waals surface area contributed by atoms with E-state index in [4.69, 9.17) is 9.47 Å². The van der Waals surface area contributed by atoms with Crippen LogP contribution in [0.15, 0.2) is 24.3 Å². The van der Waals surface area contributed by atoms with Crippen molar-refractivity contribution in [3.63, 3.8) is 0 Å². The van der Waals surface area contributed by atoms with Gasteiger partial charge in [0, 0.05) is 35.1 Å². The van der Waals surface area contributed by atoms with Crippen LogP contribution in [0.3, 0.4) is 0 Å². The van der Waals surface area contributed by atoms with Gasteiger partial charge in [-0.15, -0.1) is 0 Å². The quantitative estimate of drug-likeness (QED) is 0.517. The zero-order valence-corrected chi connectivity index (χ0v) is 14.2. The first-order valence-electron chi connectivity index (χ1n) is 8.68. The molecule has 1 saturated heterocycles. The summed E-state index contributed by atoms with van der Waals surface area (Å²) >= 11 is 0. The third-order valence-corrected chi connectivity index (χ3v) is 5.56. The van der Waals surface area contributed by atoms with Crippen LogP contribution < -0.4 is 0 Å². The van der Waals surface area contributed by atoms with Gasteiger partial charge in [0.05, 0.1) is 30.4 Å². The highest BCUT2D eigenvalue weighted by Crippen LogP contribution is 2.51. The molecular formula is C20H16O7. The van der Waals surface area contributed by atoms with Crippen molar-refractivity contribution in [1.29, 1.82) is 0 Å². The lowest BCUT2D eigenvalue weighted by Gasteiger charge is -2.37. The van der Waals surface area contributed by atoms with E-state index in [2.05, 4.69) is 0 Å². The zero-order chi connectivity index (χ0) is 18.9. The van der Waals surface area contributed by atoms with Crippen molar-refractivity contribution in [3.05, 3.63) is 57.6 Å². The van der Waals surface area contributed by atoms with Crippen LogP contribution in [0.1, 0.15) is 55.5 Å². The predicted octanol–water partition coefficient (Wildman–Crippen LogP) is 1.60. The normalized spacial score (nSPS) is 22.5. The van der Waals surface area contributed by atoms with Crippen LogP contribution >= 0.6 is 0 Å². The second-order valence-corrected chi connectivity index (χ2v) is 7.05. The number of benzene rings is 2. The Hall–Kier alpha value is -2.74. The molecule has 138 valence electrons. The third-order valence-electron chi connectivity index (χ3n) is 5.56. The van der Waals surface area contributed by atoms with E-state index >= 15 is 0 Å². The lowest BCUT2D eigenvalue weighted by atomic mass is 9.76. The van der Waals surface area contributed by atoms with Gasteiger partial charge in [0.1, 0.15) is 11.5 Å². The largest absolute Gasteiger partial charge is 0.507 e. The van der Waals surface area contributed by atoms with Crippen LogP contribution in [-0.2, 0) is 15.9 Å². The molecule has 1 fully saturated rings. The van der Waals surface area contributed by atoms with Gasteiger partial charge >= 0.3 is 0 Å². The molecule has 2 aromatic carbocycles. The minimum Gasteiger partial charge on any atom is -0.507 e. The fraction of sp³-hybridized carbons (Fsp3) is 0.300. The highest BCUT2D eigenvalue weighted by Gasteiger charge is 2.48. The lowest BCUT2D eigenvalue weighted by molar-refractivity contribution is -0.182. The number of hydrogen-bond acceptors (Lipinski definition) is 7. The zero-order valence-electron chi connectivity index (χ0n) is 14.2. The molecule has 27 heavy (non-hydrogen) atoms. The maximum atomic E-state index is 13.0. The number of phenols is 2. The van der Waals surface area contributed by atoms with E-state index in [9.17, 15) is 24.9 Å².